The summed E-state index contributed by atoms with van der Waals surface area (Å²) in [4.78, 5) is 10.6. The maximum atomic E-state index is 10.6. The van der Waals surface area contributed by atoms with Gasteiger partial charge in [-0.3, -0.25) is 4.79 Å². The lowest BCUT2D eigenvalue weighted by molar-refractivity contribution is -0.145. The fraction of sp³-hybridized carbons (Fsp3) is 0.417. The highest BCUT2D eigenvalue weighted by molar-refractivity contribution is 6.30. The van der Waals surface area contributed by atoms with E-state index in [-0.39, 0.29) is 0 Å². The van der Waals surface area contributed by atoms with Crippen molar-refractivity contribution in [1.82, 2.24) is 0 Å². The summed E-state index contributed by atoms with van der Waals surface area (Å²) in [6.45, 7) is 0.789. The number of nitrogens with two attached hydrogens (primary N) is 1. The van der Waals surface area contributed by atoms with Gasteiger partial charge in [-0.15, -0.1) is 0 Å². The fourth-order valence-electron chi connectivity index (χ4n) is 2.39. The first-order valence-electron chi connectivity index (χ1n) is 5.32. The summed E-state index contributed by atoms with van der Waals surface area (Å²) < 4.78 is 5.24. The van der Waals surface area contributed by atoms with Crippen LogP contribution < -0.4 is 5.73 Å². The molecular formula is C12H14ClNO2. The molecule has 0 saturated carbocycles. The van der Waals surface area contributed by atoms with Crippen molar-refractivity contribution in [2.75, 3.05) is 6.54 Å². The molecule has 0 fully saturated rings. The van der Waals surface area contributed by atoms with Gasteiger partial charge in [-0.2, -0.15) is 0 Å². The third-order valence-corrected chi connectivity index (χ3v) is 3.42. The maximum Gasteiger partial charge on any atom is 0.294 e. The number of aryl methyl sites for hydroxylation is 1. The molecule has 86 valence electrons. The number of hydrogen-bond acceptors (Lipinski definition) is 3. The summed E-state index contributed by atoms with van der Waals surface area (Å²) in [5.74, 6) is 0. The van der Waals surface area contributed by atoms with Gasteiger partial charge in [0.05, 0.1) is 0 Å². The van der Waals surface area contributed by atoms with Gasteiger partial charge in [0.15, 0.2) is 0 Å². The predicted octanol–water partition coefficient (Wildman–Crippen LogP) is 2.00. The molecule has 1 atom stereocenters. The Morgan fingerprint density at radius 1 is 1.56 bits per heavy atom. The molecule has 0 heterocycles. The third kappa shape index (κ3) is 1.81. The quantitative estimate of drug-likeness (QED) is 0.821. The molecule has 0 aliphatic heterocycles. The molecule has 0 aromatic heterocycles. The van der Waals surface area contributed by atoms with E-state index in [1.807, 2.05) is 18.2 Å². The van der Waals surface area contributed by atoms with E-state index in [2.05, 4.69) is 0 Å². The van der Waals surface area contributed by atoms with Gasteiger partial charge in [0.1, 0.15) is 5.60 Å². The number of halogens is 1. The van der Waals surface area contributed by atoms with E-state index < -0.39 is 5.60 Å². The number of rotatable bonds is 3. The van der Waals surface area contributed by atoms with E-state index in [1.165, 1.54) is 0 Å². The van der Waals surface area contributed by atoms with Crippen molar-refractivity contribution >= 4 is 18.1 Å². The lowest BCUT2D eigenvalue weighted by Gasteiger charge is -2.36. The zero-order chi connectivity index (χ0) is 11.6. The van der Waals surface area contributed by atoms with Crippen molar-refractivity contribution in [3.63, 3.8) is 0 Å². The molecule has 0 bridgehead atoms. The summed E-state index contributed by atoms with van der Waals surface area (Å²) in [5.41, 5.74) is 7.24. The van der Waals surface area contributed by atoms with Crippen LogP contribution in [0, 0.1) is 0 Å². The minimum atomic E-state index is -0.653. The summed E-state index contributed by atoms with van der Waals surface area (Å²) in [7, 11) is 0. The first-order valence-corrected chi connectivity index (χ1v) is 5.70. The lowest BCUT2D eigenvalue weighted by Crippen LogP contribution is -2.40. The van der Waals surface area contributed by atoms with Crippen molar-refractivity contribution in [3.05, 3.63) is 34.3 Å². The molecule has 3 nitrogen and oxygen atoms in total. The molecule has 0 spiro atoms. The second kappa shape index (κ2) is 4.44. The van der Waals surface area contributed by atoms with E-state index in [0.29, 0.717) is 18.0 Å². The summed E-state index contributed by atoms with van der Waals surface area (Å²) >= 11 is 5.95. The van der Waals surface area contributed by atoms with Crippen molar-refractivity contribution in [1.29, 1.82) is 0 Å². The van der Waals surface area contributed by atoms with Crippen LogP contribution in [0.4, 0.5) is 0 Å². The van der Waals surface area contributed by atoms with Gasteiger partial charge >= 0.3 is 0 Å². The Morgan fingerprint density at radius 3 is 3.06 bits per heavy atom. The zero-order valence-corrected chi connectivity index (χ0v) is 9.67. The Kier molecular flexibility index (Phi) is 3.17. The van der Waals surface area contributed by atoms with Crippen molar-refractivity contribution in [2.45, 2.75) is 24.9 Å². The second-order valence-corrected chi connectivity index (χ2v) is 4.50. The normalized spacial score (nSPS) is 23.6. The number of hydrogen-bond donors (Lipinski definition) is 1. The molecule has 2 N–H and O–H groups in total. The molecule has 0 unspecified atom stereocenters. The molecule has 16 heavy (non-hydrogen) atoms. The highest BCUT2D eigenvalue weighted by Crippen LogP contribution is 2.38. The van der Waals surface area contributed by atoms with Crippen LogP contribution in [0.3, 0.4) is 0 Å². The minimum Gasteiger partial charge on any atom is -0.455 e. The molecule has 1 aromatic carbocycles. The molecule has 0 saturated heterocycles. The Morgan fingerprint density at radius 2 is 2.38 bits per heavy atom. The van der Waals surface area contributed by atoms with E-state index >= 15 is 0 Å². The van der Waals surface area contributed by atoms with Crippen molar-refractivity contribution in [3.8, 4) is 0 Å². The largest absolute Gasteiger partial charge is 0.455 e. The van der Waals surface area contributed by atoms with Crippen LogP contribution in [0.15, 0.2) is 18.2 Å². The van der Waals surface area contributed by atoms with Gasteiger partial charge in [0.2, 0.25) is 0 Å². The van der Waals surface area contributed by atoms with Crippen LogP contribution in [-0.4, -0.2) is 13.0 Å². The molecule has 0 radical (unpaired) electrons. The lowest BCUT2D eigenvalue weighted by atomic mass is 9.79. The molecule has 1 aromatic rings. The maximum absolute atomic E-state index is 10.6. The van der Waals surface area contributed by atoms with Gasteiger partial charge in [0.25, 0.3) is 6.47 Å². The average Bonchev–Trinajstić information content (AvgIpc) is 2.29. The Labute approximate surface area is 99.5 Å². The SMILES string of the molecule is NC[C@]1(OC=O)CCCc2cc(Cl)ccc21. The van der Waals surface area contributed by atoms with Crippen molar-refractivity contribution in [2.24, 2.45) is 5.73 Å². The van der Waals surface area contributed by atoms with E-state index in [0.717, 1.165) is 30.4 Å². The number of ether oxygens (including phenoxy) is 1. The summed E-state index contributed by atoms with van der Waals surface area (Å²) in [6, 6.07) is 5.64. The van der Waals surface area contributed by atoms with E-state index in [1.54, 1.807) is 0 Å². The fourth-order valence-corrected chi connectivity index (χ4v) is 2.58. The minimum absolute atomic E-state index is 0.306. The van der Waals surface area contributed by atoms with Crippen LogP contribution in [-0.2, 0) is 21.6 Å². The molecule has 4 heteroatoms. The van der Waals surface area contributed by atoms with Crippen LogP contribution in [0.5, 0.6) is 0 Å². The van der Waals surface area contributed by atoms with E-state index in [4.69, 9.17) is 22.1 Å². The number of fused-ring (bicyclic) bond motifs is 1. The number of benzene rings is 1. The van der Waals surface area contributed by atoms with Crippen LogP contribution in [0.1, 0.15) is 24.0 Å². The smallest absolute Gasteiger partial charge is 0.294 e. The Balaban J connectivity index is 2.49. The van der Waals surface area contributed by atoms with Crippen LogP contribution in [0.25, 0.3) is 0 Å². The average molecular weight is 240 g/mol. The zero-order valence-electron chi connectivity index (χ0n) is 8.91. The first-order chi connectivity index (χ1) is 7.72. The van der Waals surface area contributed by atoms with Crippen molar-refractivity contribution < 1.29 is 9.53 Å². The van der Waals surface area contributed by atoms with E-state index in [9.17, 15) is 4.79 Å². The van der Waals surface area contributed by atoms with Gasteiger partial charge in [-0.05, 0) is 37.0 Å². The highest BCUT2D eigenvalue weighted by atomic mass is 35.5. The Hall–Kier alpha value is -1.06. The molecule has 0 amide bonds. The topological polar surface area (TPSA) is 52.3 Å². The highest BCUT2D eigenvalue weighted by Gasteiger charge is 2.37. The molecule has 1 aliphatic rings. The Bertz CT molecular complexity index is 408. The standard InChI is InChI=1S/C12H14ClNO2/c13-10-3-4-11-9(6-10)2-1-5-12(11,7-14)16-8-15/h3-4,6,8H,1-2,5,7,14H2/t12-/m1/s1. The van der Waals surface area contributed by atoms with Gasteiger partial charge in [-0.1, -0.05) is 17.7 Å². The van der Waals surface area contributed by atoms with Gasteiger partial charge in [-0.25, -0.2) is 0 Å². The molecule has 2 rings (SSSR count). The monoisotopic (exact) mass is 239 g/mol. The molecular weight excluding hydrogens is 226 g/mol. The summed E-state index contributed by atoms with van der Waals surface area (Å²) in [6.07, 6.45) is 2.69. The summed E-state index contributed by atoms with van der Waals surface area (Å²) in [5, 5.41) is 0.706. The van der Waals surface area contributed by atoms with Crippen LogP contribution in [0.2, 0.25) is 5.02 Å². The number of carbonyl (C=O) groups excluding carboxylic acids is 1. The van der Waals surface area contributed by atoms with Crippen LogP contribution >= 0.6 is 11.6 Å². The van der Waals surface area contributed by atoms with Gasteiger partial charge in [0, 0.05) is 17.1 Å². The number of carbonyl (C=O) groups is 1. The third-order valence-electron chi connectivity index (χ3n) is 3.19. The van der Waals surface area contributed by atoms with Gasteiger partial charge < -0.3 is 10.5 Å². The second-order valence-electron chi connectivity index (χ2n) is 4.07. The predicted molar refractivity (Wildman–Crippen MR) is 62.3 cm³/mol. The first kappa shape index (κ1) is 11.4. The molecule has 1 aliphatic carbocycles.